The topological polar surface area (TPSA) is 29.5 Å². The summed E-state index contributed by atoms with van der Waals surface area (Å²) >= 11 is 0. The zero-order valence-corrected chi connectivity index (χ0v) is 11.6. The second-order valence-corrected chi connectivity index (χ2v) is 5.75. The van der Waals surface area contributed by atoms with Crippen LogP contribution < -0.4 is 4.74 Å². The highest BCUT2D eigenvalue weighted by atomic mass is 16.5. The van der Waals surface area contributed by atoms with Gasteiger partial charge < -0.3 is 9.64 Å². The van der Waals surface area contributed by atoms with Crippen LogP contribution in [0, 0.1) is 5.92 Å². The van der Waals surface area contributed by atoms with Gasteiger partial charge in [0.15, 0.2) is 0 Å². The van der Waals surface area contributed by atoms with E-state index in [-0.39, 0.29) is 5.91 Å². The number of benzene rings is 1. The molecule has 1 atom stereocenters. The molecule has 2 aliphatic carbocycles. The molecule has 1 aromatic rings. The molecule has 19 heavy (non-hydrogen) atoms. The van der Waals surface area contributed by atoms with Gasteiger partial charge in [0.2, 0.25) is 0 Å². The monoisotopic (exact) mass is 259 g/mol. The number of rotatable bonds is 5. The average molecular weight is 259 g/mol. The van der Waals surface area contributed by atoms with Crippen molar-refractivity contribution < 1.29 is 9.53 Å². The van der Waals surface area contributed by atoms with Crippen LogP contribution in [0.5, 0.6) is 5.75 Å². The van der Waals surface area contributed by atoms with Gasteiger partial charge >= 0.3 is 0 Å². The first-order valence-corrected chi connectivity index (χ1v) is 7.17. The predicted molar refractivity (Wildman–Crippen MR) is 74.4 cm³/mol. The highest BCUT2D eigenvalue weighted by molar-refractivity contribution is 5.95. The van der Waals surface area contributed by atoms with E-state index in [9.17, 15) is 4.79 Å². The molecule has 0 radical (unpaired) electrons. The lowest BCUT2D eigenvalue weighted by Crippen LogP contribution is -2.41. The summed E-state index contributed by atoms with van der Waals surface area (Å²) in [5.41, 5.74) is 0.749. The van der Waals surface area contributed by atoms with E-state index in [1.54, 1.807) is 7.11 Å². The normalized spacial score (nSPS) is 19.9. The standard InChI is InChI=1S/C16H21NO2/c1-11(12-6-7-12)17(14-8-9-14)16(18)13-4-3-5-15(10-13)19-2/h3-5,10-12,14H,6-9H2,1-2H3. The highest BCUT2D eigenvalue weighted by Crippen LogP contribution is 2.40. The molecule has 2 saturated carbocycles. The first kappa shape index (κ1) is 12.5. The van der Waals surface area contributed by atoms with Gasteiger partial charge in [-0.25, -0.2) is 0 Å². The van der Waals surface area contributed by atoms with Crippen molar-refractivity contribution in [2.45, 2.75) is 44.7 Å². The van der Waals surface area contributed by atoms with Crippen LogP contribution in [0.4, 0.5) is 0 Å². The number of ether oxygens (including phenoxy) is 1. The molecule has 0 aromatic heterocycles. The Kier molecular flexibility index (Phi) is 3.21. The number of methoxy groups -OCH3 is 1. The lowest BCUT2D eigenvalue weighted by Gasteiger charge is -2.29. The largest absolute Gasteiger partial charge is 0.497 e. The lowest BCUT2D eigenvalue weighted by atomic mass is 10.1. The molecule has 1 unspecified atom stereocenters. The molecular formula is C16H21NO2. The maximum atomic E-state index is 12.7. The fourth-order valence-electron chi connectivity index (χ4n) is 2.75. The molecule has 0 spiro atoms. The molecule has 3 rings (SSSR count). The molecule has 0 aliphatic heterocycles. The van der Waals surface area contributed by atoms with Crippen LogP contribution in [0.2, 0.25) is 0 Å². The highest BCUT2D eigenvalue weighted by Gasteiger charge is 2.41. The number of amides is 1. The Morgan fingerprint density at radius 1 is 1.32 bits per heavy atom. The summed E-state index contributed by atoms with van der Waals surface area (Å²) < 4.78 is 5.21. The molecule has 3 nitrogen and oxygen atoms in total. The molecular weight excluding hydrogens is 238 g/mol. The minimum atomic E-state index is 0.167. The van der Waals surface area contributed by atoms with Gasteiger partial charge in [-0.05, 0) is 56.7 Å². The SMILES string of the molecule is COc1cccc(C(=O)N(C2CC2)C(C)C2CC2)c1. The van der Waals surface area contributed by atoms with Crippen LogP contribution in [0.3, 0.4) is 0 Å². The van der Waals surface area contributed by atoms with E-state index in [2.05, 4.69) is 11.8 Å². The van der Waals surface area contributed by atoms with Crippen molar-refractivity contribution >= 4 is 5.91 Å². The van der Waals surface area contributed by atoms with E-state index >= 15 is 0 Å². The van der Waals surface area contributed by atoms with E-state index in [1.807, 2.05) is 24.3 Å². The molecule has 2 fully saturated rings. The van der Waals surface area contributed by atoms with E-state index in [1.165, 1.54) is 12.8 Å². The zero-order valence-electron chi connectivity index (χ0n) is 11.6. The van der Waals surface area contributed by atoms with Crippen LogP contribution in [-0.2, 0) is 0 Å². The Labute approximate surface area is 114 Å². The van der Waals surface area contributed by atoms with Gasteiger partial charge in [0, 0.05) is 17.6 Å². The first-order chi connectivity index (χ1) is 9.20. The summed E-state index contributed by atoms with van der Waals surface area (Å²) in [6.45, 7) is 2.20. The maximum absolute atomic E-state index is 12.7. The van der Waals surface area contributed by atoms with Crippen molar-refractivity contribution in [3.05, 3.63) is 29.8 Å². The predicted octanol–water partition coefficient (Wildman–Crippen LogP) is 3.10. The van der Waals surface area contributed by atoms with Gasteiger partial charge in [0.1, 0.15) is 5.75 Å². The summed E-state index contributed by atoms with van der Waals surface area (Å²) in [6.07, 6.45) is 4.87. The van der Waals surface area contributed by atoms with Crippen LogP contribution >= 0.6 is 0 Å². The third-order valence-electron chi connectivity index (χ3n) is 4.23. The molecule has 1 aromatic carbocycles. The van der Waals surface area contributed by atoms with Gasteiger partial charge in [-0.15, -0.1) is 0 Å². The number of carbonyl (C=O) groups excluding carboxylic acids is 1. The minimum Gasteiger partial charge on any atom is -0.497 e. The summed E-state index contributed by atoms with van der Waals surface area (Å²) in [4.78, 5) is 14.9. The number of nitrogens with zero attached hydrogens (tertiary/aromatic N) is 1. The van der Waals surface area contributed by atoms with E-state index in [0.717, 1.165) is 30.1 Å². The smallest absolute Gasteiger partial charge is 0.254 e. The van der Waals surface area contributed by atoms with Crippen molar-refractivity contribution in [1.82, 2.24) is 4.90 Å². The summed E-state index contributed by atoms with van der Waals surface area (Å²) in [7, 11) is 1.63. The second kappa shape index (κ2) is 4.87. The number of hydrogen-bond donors (Lipinski definition) is 0. The first-order valence-electron chi connectivity index (χ1n) is 7.17. The Balaban J connectivity index is 1.82. The Hall–Kier alpha value is -1.51. The van der Waals surface area contributed by atoms with Crippen molar-refractivity contribution in [3.63, 3.8) is 0 Å². The van der Waals surface area contributed by atoms with Crippen molar-refractivity contribution in [3.8, 4) is 5.75 Å². The maximum Gasteiger partial charge on any atom is 0.254 e. The van der Waals surface area contributed by atoms with Crippen LogP contribution in [0.1, 0.15) is 43.0 Å². The quantitative estimate of drug-likeness (QED) is 0.813. The Morgan fingerprint density at radius 2 is 2.05 bits per heavy atom. The van der Waals surface area contributed by atoms with Gasteiger partial charge in [0.05, 0.1) is 7.11 Å². The number of carbonyl (C=O) groups is 1. The minimum absolute atomic E-state index is 0.167. The zero-order chi connectivity index (χ0) is 13.4. The summed E-state index contributed by atoms with van der Waals surface area (Å²) in [6, 6.07) is 8.35. The van der Waals surface area contributed by atoms with E-state index in [0.29, 0.717) is 12.1 Å². The van der Waals surface area contributed by atoms with Gasteiger partial charge in [-0.3, -0.25) is 4.79 Å². The van der Waals surface area contributed by atoms with Crippen molar-refractivity contribution in [1.29, 1.82) is 0 Å². The van der Waals surface area contributed by atoms with Gasteiger partial charge in [-0.2, -0.15) is 0 Å². The van der Waals surface area contributed by atoms with Crippen LogP contribution in [-0.4, -0.2) is 30.0 Å². The Bertz CT molecular complexity index is 477. The third kappa shape index (κ3) is 2.60. The third-order valence-corrected chi connectivity index (χ3v) is 4.23. The Morgan fingerprint density at radius 3 is 2.63 bits per heavy atom. The van der Waals surface area contributed by atoms with Crippen molar-refractivity contribution in [2.75, 3.05) is 7.11 Å². The average Bonchev–Trinajstić information content (AvgIpc) is 3.30. The summed E-state index contributed by atoms with van der Waals surface area (Å²) in [5.74, 6) is 1.64. The van der Waals surface area contributed by atoms with Gasteiger partial charge in [-0.1, -0.05) is 6.07 Å². The molecule has 0 saturated heterocycles. The van der Waals surface area contributed by atoms with E-state index in [4.69, 9.17) is 4.74 Å². The van der Waals surface area contributed by atoms with E-state index < -0.39 is 0 Å². The summed E-state index contributed by atoms with van der Waals surface area (Å²) in [5, 5.41) is 0. The molecule has 0 bridgehead atoms. The molecule has 0 heterocycles. The molecule has 3 heteroatoms. The second-order valence-electron chi connectivity index (χ2n) is 5.75. The molecule has 1 amide bonds. The van der Waals surface area contributed by atoms with Crippen LogP contribution in [0.25, 0.3) is 0 Å². The molecule has 0 N–H and O–H groups in total. The molecule has 102 valence electrons. The lowest BCUT2D eigenvalue weighted by molar-refractivity contribution is 0.0653. The van der Waals surface area contributed by atoms with Crippen LogP contribution in [0.15, 0.2) is 24.3 Å². The molecule has 2 aliphatic rings. The fourth-order valence-corrected chi connectivity index (χ4v) is 2.75. The van der Waals surface area contributed by atoms with Crippen molar-refractivity contribution in [2.24, 2.45) is 5.92 Å². The van der Waals surface area contributed by atoms with Gasteiger partial charge in [0.25, 0.3) is 5.91 Å². The fraction of sp³-hybridized carbons (Fsp3) is 0.562. The number of hydrogen-bond acceptors (Lipinski definition) is 2.